The van der Waals surface area contributed by atoms with E-state index in [1.54, 1.807) is 11.8 Å². The molecular formula is C20H23N3O2. The number of carbonyl (C=O) groups is 2. The number of aryl methyl sites for hydroxylation is 1. The van der Waals surface area contributed by atoms with Crippen molar-refractivity contribution in [1.82, 2.24) is 0 Å². The molecule has 0 fully saturated rings. The van der Waals surface area contributed by atoms with E-state index in [1.165, 1.54) is 5.56 Å². The van der Waals surface area contributed by atoms with Gasteiger partial charge >= 0.3 is 0 Å². The average Bonchev–Trinajstić information content (AvgIpc) is 2.99. The van der Waals surface area contributed by atoms with E-state index in [4.69, 9.17) is 0 Å². The zero-order chi connectivity index (χ0) is 18.0. The van der Waals surface area contributed by atoms with Crippen LogP contribution in [-0.4, -0.2) is 24.9 Å². The van der Waals surface area contributed by atoms with Crippen molar-refractivity contribution in [1.29, 1.82) is 0 Å². The Balaban J connectivity index is 1.62. The van der Waals surface area contributed by atoms with Crippen LogP contribution in [0.4, 0.5) is 17.1 Å². The number of benzene rings is 2. The summed E-state index contributed by atoms with van der Waals surface area (Å²) in [6, 6.07) is 11.7. The molecule has 25 heavy (non-hydrogen) atoms. The molecule has 5 heteroatoms. The summed E-state index contributed by atoms with van der Waals surface area (Å²) < 4.78 is 0. The molecule has 130 valence electrons. The Hall–Kier alpha value is -2.82. The fraction of sp³-hybridized carbons (Fsp3) is 0.300. The Bertz CT molecular complexity index is 830. The highest BCUT2D eigenvalue weighted by atomic mass is 16.2. The van der Waals surface area contributed by atoms with Crippen LogP contribution in [0.2, 0.25) is 0 Å². The molecule has 0 atom stereocenters. The van der Waals surface area contributed by atoms with Gasteiger partial charge in [0.25, 0.3) is 0 Å². The van der Waals surface area contributed by atoms with Gasteiger partial charge < -0.3 is 15.5 Å². The zero-order valence-corrected chi connectivity index (χ0v) is 14.8. The molecule has 3 rings (SSSR count). The average molecular weight is 337 g/mol. The second-order valence-electron chi connectivity index (χ2n) is 6.41. The van der Waals surface area contributed by atoms with Gasteiger partial charge in [0.15, 0.2) is 0 Å². The molecule has 0 aliphatic carbocycles. The molecule has 0 bridgehead atoms. The lowest BCUT2D eigenvalue weighted by atomic mass is 10.1. The van der Waals surface area contributed by atoms with Gasteiger partial charge in [0.1, 0.15) is 0 Å². The van der Waals surface area contributed by atoms with Gasteiger partial charge in [-0.05, 0) is 61.2 Å². The molecule has 0 unspecified atom stereocenters. The van der Waals surface area contributed by atoms with Crippen molar-refractivity contribution in [3.63, 3.8) is 0 Å². The highest BCUT2D eigenvalue weighted by Gasteiger charge is 2.22. The van der Waals surface area contributed by atoms with Crippen molar-refractivity contribution in [3.05, 3.63) is 53.1 Å². The summed E-state index contributed by atoms with van der Waals surface area (Å²) in [6.07, 6.45) is 0.819. The monoisotopic (exact) mass is 337 g/mol. The van der Waals surface area contributed by atoms with Crippen LogP contribution < -0.4 is 15.5 Å². The first-order chi connectivity index (χ1) is 12.0. The van der Waals surface area contributed by atoms with E-state index in [0.29, 0.717) is 6.54 Å². The topological polar surface area (TPSA) is 61.4 Å². The third kappa shape index (κ3) is 3.65. The number of rotatable bonds is 4. The summed E-state index contributed by atoms with van der Waals surface area (Å²) >= 11 is 0. The Morgan fingerprint density at radius 3 is 2.72 bits per heavy atom. The van der Waals surface area contributed by atoms with E-state index in [0.717, 1.165) is 34.6 Å². The molecule has 1 aliphatic rings. The van der Waals surface area contributed by atoms with E-state index in [2.05, 4.69) is 23.6 Å². The van der Waals surface area contributed by atoms with Crippen molar-refractivity contribution in [2.75, 3.05) is 28.6 Å². The van der Waals surface area contributed by atoms with Crippen LogP contribution in [0.25, 0.3) is 0 Å². The molecule has 1 heterocycles. The van der Waals surface area contributed by atoms with Crippen molar-refractivity contribution in [2.45, 2.75) is 27.2 Å². The number of nitrogens with one attached hydrogen (secondary N) is 2. The zero-order valence-electron chi connectivity index (χ0n) is 14.8. The number of carbonyl (C=O) groups excluding carboxylic acids is 2. The first kappa shape index (κ1) is 17.0. The fourth-order valence-electron chi connectivity index (χ4n) is 3.13. The van der Waals surface area contributed by atoms with Crippen molar-refractivity contribution >= 4 is 28.9 Å². The number of anilines is 3. The molecule has 0 saturated carbocycles. The van der Waals surface area contributed by atoms with Gasteiger partial charge in [-0.1, -0.05) is 12.1 Å². The van der Waals surface area contributed by atoms with Crippen LogP contribution in [0.1, 0.15) is 23.6 Å². The third-order valence-electron chi connectivity index (χ3n) is 4.68. The number of fused-ring (bicyclic) bond motifs is 1. The number of hydrogen-bond donors (Lipinski definition) is 2. The second kappa shape index (κ2) is 6.97. The summed E-state index contributed by atoms with van der Waals surface area (Å²) in [6.45, 7) is 6.58. The highest BCUT2D eigenvalue weighted by molar-refractivity contribution is 5.96. The molecule has 0 aromatic heterocycles. The Kier molecular flexibility index (Phi) is 4.74. The number of amides is 2. The maximum Gasteiger partial charge on any atom is 0.243 e. The molecule has 1 aliphatic heterocycles. The summed E-state index contributed by atoms with van der Waals surface area (Å²) in [5, 5.41) is 6.10. The van der Waals surface area contributed by atoms with E-state index in [9.17, 15) is 9.59 Å². The molecule has 0 saturated heterocycles. The van der Waals surface area contributed by atoms with Crippen molar-refractivity contribution in [3.8, 4) is 0 Å². The van der Waals surface area contributed by atoms with Crippen LogP contribution in [0.15, 0.2) is 36.4 Å². The number of hydrogen-bond acceptors (Lipinski definition) is 3. The van der Waals surface area contributed by atoms with E-state index >= 15 is 0 Å². The summed E-state index contributed by atoms with van der Waals surface area (Å²) in [4.78, 5) is 25.6. The minimum Gasteiger partial charge on any atom is -0.376 e. The van der Waals surface area contributed by atoms with Gasteiger partial charge in [-0.3, -0.25) is 9.59 Å². The minimum atomic E-state index is -0.0951. The molecule has 5 nitrogen and oxygen atoms in total. The molecule has 2 amide bonds. The summed E-state index contributed by atoms with van der Waals surface area (Å²) in [5.74, 6) is -0.0458. The molecule has 2 aromatic carbocycles. The Morgan fingerprint density at radius 2 is 1.96 bits per heavy atom. The van der Waals surface area contributed by atoms with Crippen LogP contribution in [-0.2, 0) is 16.0 Å². The molecule has 0 spiro atoms. The van der Waals surface area contributed by atoms with Gasteiger partial charge in [0.2, 0.25) is 11.8 Å². The third-order valence-corrected chi connectivity index (χ3v) is 4.68. The van der Waals surface area contributed by atoms with Gasteiger partial charge in [0, 0.05) is 30.5 Å². The van der Waals surface area contributed by atoms with Crippen LogP contribution in [0, 0.1) is 13.8 Å². The quantitative estimate of drug-likeness (QED) is 0.900. The maximum atomic E-state index is 12.2. The molecule has 2 N–H and O–H groups in total. The summed E-state index contributed by atoms with van der Waals surface area (Å²) in [7, 11) is 0. The van der Waals surface area contributed by atoms with Crippen LogP contribution in [0.5, 0.6) is 0 Å². The van der Waals surface area contributed by atoms with Crippen molar-refractivity contribution in [2.24, 2.45) is 0 Å². The van der Waals surface area contributed by atoms with Gasteiger partial charge in [0.05, 0.1) is 6.54 Å². The lowest BCUT2D eigenvalue weighted by Gasteiger charge is -2.15. The van der Waals surface area contributed by atoms with Gasteiger partial charge in [-0.15, -0.1) is 0 Å². The van der Waals surface area contributed by atoms with Gasteiger partial charge in [-0.2, -0.15) is 0 Å². The first-order valence-electron chi connectivity index (χ1n) is 8.46. The fourth-order valence-corrected chi connectivity index (χ4v) is 3.13. The largest absolute Gasteiger partial charge is 0.376 e. The minimum absolute atomic E-state index is 0.0493. The normalized spacial score (nSPS) is 12.7. The molecule has 2 aromatic rings. The van der Waals surface area contributed by atoms with E-state index < -0.39 is 0 Å². The predicted octanol–water partition coefficient (Wildman–Crippen LogP) is 3.26. The van der Waals surface area contributed by atoms with Crippen LogP contribution in [0.3, 0.4) is 0 Å². The second-order valence-corrected chi connectivity index (χ2v) is 6.41. The Morgan fingerprint density at radius 1 is 1.16 bits per heavy atom. The van der Waals surface area contributed by atoms with Crippen LogP contribution >= 0.6 is 0 Å². The predicted molar refractivity (Wildman–Crippen MR) is 101 cm³/mol. The Labute approximate surface area is 148 Å². The lowest BCUT2D eigenvalue weighted by Crippen LogP contribution is -2.25. The molecular weight excluding hydrogens is 314 g/mol. The summed E-state index contributed by atoms with van der Waals surface area (Å²) in [5.41, 5.74) is 6.11. The number of nitrogens with zero attached hydrogens (tertiary/aromatic N) is 1. The SMILES string of the molecule is CC(=O)N1CCc2cc(NC(=O)CNc3cccc(C)c3C)ccc21. The standard InChI is InChI=1S/C20H23N3O2/c1-13-5-4-6-18(14(13)2)21-12-20(25)22-17-7-8-19-16(11-17)9-10-23(19)15(3)24/h4-8,11,21H,9-10,12H2,1-3H3,(H,22,25). The van der Waals surface area contributed by atoms with Gasteiger partial charge in [-0.25, -0.2) is 0 Å². The highest BCUT2D eigenvalue weighted by Crippen LogP contribution is 2.30. The van der Waals surface area contributed by atoms with E-state index in [1.807, 2.05) is 37.3 Å². The lowest BCUT2D eigenvalue weighted by molar-refractivity contribution is -0.116. The smallest absolute Gasteiger partial charge is 0.243 e. The van der Waals surface area contributed by atoms with Crippen molar-refractivity contribution < 1.29 is 9.59 Å². The van der Waals surface area contributed by atoms with E-state index in [-0.39, 0.29) is 18.4 Å². The maximum absolute atomic E-state index is 12.2. The first-order valence-corrected chi connectivity index (χ1v) is 8.46. The molecule has 0 radical (unpaired) electrons.